The summed E-state index contributed by atoms with van der Waals surface area (Å²) in [5.41, 5.74) is -4.31. The maximum absolute atomic E-state index is 12.4. The van der Waals surface area contributed by atoms with Crippen molar-refractivity contribution in [3.8, 4) is 5.69 Å². The minimum atomic E-state index is -4.85. The lowest BCUT2D eigenvalue weighted by molar-refractivity contribution is -0.384. The van der Waals surface area contributed by atoms with Gasteiger partial charge in [-0.2, -0.15) is 13.2 Å². The van der Waals surface area contributed by atoms with Gasteiger partial charge >= 0.3 is 11.9 Å². The van der Waals surface area contributed by atoms with Gasteiger partial charge in [-0.05, 0) is 12.1 Å². The van der Waals surface area contributed by atoms with Crippen LogP contribution in [0.25, 0.3) is 5.69 Å². The molecule has 0 saturated heterocycles. The summed E-state index contributed by atoms with van der Waals surface area (Å²) in [6, 6.07) is 4.46. The van der Waals surface area contributed by atoms with E-state index in [-0.39, 0.29) is 17.4 Å². The summed E-state index contributed by atoms with van der Waals surface area (Å²) in [5.74, 6) is 0. The van der Waals surface area contributed by atoms with Crippen molar-refractivity contribution < 1.29 is 18.1 Å². The summed E-state index contributed by atoms with van der Waals surface area (Å²) in [5, 5.41) is 10.5. The van der Waals surface area contributed by atoms with Gasteiger partial charge in [-0.25, -0.2) is 9.36 Å². The number of rotatable bonds is 2. The molecule has 110 valence electrons. The van der Waals surface area contributed by atoms with Gasteiger partial charge in [0, 0.05) is 18.2 Å². The lowest BCUT2D eigenvalue weighted by atomic mass is 10.3. The third-order valence-electron chi connectivity index (χ3n) is 2.56. The highest BCUT2D eigenvalue weighted by Crippen LogP contribution is 2.25. The number of nitrogens with one attached hydrogen (secondary N) is 1. The van der Waals surface area contributed by atoms with Gasteiger partial charge < -0.3 is 4.98 Å². The van der Waals surface area contributed by atoms with E-state index in [1.807, 2.05) is 0 Å². The van der Waals surface area contributed by atoms with Crippen molar-refractivity contribution in [1.82, 2.24) is 9.55 Å². The topological polar surface area (TPSA) is 98.0 Å². The number of H-pyrrole nitrogens is 1. The Morgan fingerprint density at radius 3 is 2.14 bits per heavy atom. The Morgan fingerprint density at radius 2 is 1.71 bits per heavy atom. The van der Waals surface area contributed by atoms with Gasteiger partial charge in [-0.3, -0.25) is 14.9 Å². The van der Waals surface area contributed by atoms with Crippen LogP contribution < -0.4 is 11.2 Å². The molecule has 1 heterocycles. The number of alkyl halides is 3. The number of non-ortho nitro benzene ring substituents is 1. The molecule has 0 amide bonds. The number of hydrogen-bond acceptors (Lipinski definition) is 4. The van der Waals surface area contributed by atoms with E-state index < -0.39 is 28.0 Å². The van der Waals surface area contributed by atoms with Crippen molar-refractivity contribution in [2.24, 2.45) is 0 Å². The van der Waals surface area contributed by atoms with E-state index in [0.717, 1.165) is 24.3 Å². The summed E-state index contributed by atoms with van der Waals surface area (Å²) >= 11 is 0. The number of aromatic amines is 1. The number of hydrogen-bond donors (Lipinski definition) is 1. The van der Waals surface area contributed by atoms with Gasteiger partial charge in [-0.15, -0.1) is 0 Å². The predicted molar refractivity (Wildman–Crippen MR) is 64.3 cm³/mol. The first-order valence-corrected chi connectivity index (χ1v) is 5.38. The minimum Gasteiger partial charge on any atom is -0.303 e. The molecule has 0 saturated carbocycles. The largest absolute Gasteiger partial charge is 0.431 e. The third kappa shape index (κ3) is 2.83. The van der Waals surface area contributed by atoms with Crippen LogP contribution in [0.2, 0.25) is 0 Å². The van der Waals surface area contributed by atoms with Crippen LogP contribution in [0.5, 0.6) is 0 Å². The lowest BCUT2D eigenvalue weighted by Crippen LogP contribution is -2.35. The standard InChI is InChI=1S/C11H6F3N3O4/c12-11(13,14)8-5-9(18)16(10(19)15-8)6-1-3-7(4-2-6)17(20)21/h1-5H,(H,15,19). The highest BCUT2D eigenvalue weighted by molar-refractivity contribution is 5.40. The van der Waals surface area contributed by atoms with E-state index in [9.17, 15) is 32.9 Å². The first kappa shape index (κ1) is 14.5. The van der Waals surface area contributed by atoms with E-state index in [4.69, 9.17) is 0 Å². The average Bonchev–Trinajstić information content (AvgIpc) is 2.37. The molecule has 0 radical (unpaired) electrons. The van der Waals surface area contributed by atoms with Crippen molar-refractivity contribution in [3.63, 3.8) is 0 Å². The molecule has 0 spiro atoms. The fourth-order valence-corrected chi connectivity index (χ4v) is 1.62. The molecule has 0 atom stereocenters. The molecule has 1 N–H and O–H groups in total. The van der Waals surface area contributed by atoms with Crippen LogP contribution in [0.3, 0.4) is 0 Å². The van der Waals surface area contributed by atoms with Crippen LogP contribution in [0.4, 0.5) is 18.9 Å². The van der Waals surface area contributed by atoms with E-state index in [0.29, 0.717) is 4.57 Å². The van der Waals surface area contributed by atoms with Crippen LogP contribution in [-0.2, 0) is 6.18 Å². The monoisotopic (exact) mass is 301 g/mol. The van der Waals surface area contributed by atoms with Gasteiger partial charge in [0.1, 0.15) is 5.69 Å². The van der Waals surface area contributed by atoms with Crippen LogP contribution >= 0.6 is 0 Å². The molecule has 0 unspecified atom stereocenters. The minimum absolute atomic E-state index is 0.0828. The third-order valence-corrected chi connectivity index (χ3v) is 2.56. The SMILES string of the molecule is O=c1cc(C(F)(F)F)[nH]c(=O)n1-c1ccc([N+](=O)[O-])cc1. The normalized spacial score (nSPS) is 11.4. The van der Waals surface area contributed by atoms with Crippen LogP contribution in [0.1, 0.15) is 5.69 Å². The predicted octanol–water partition coefficient (Wildman–Crippen LogP) is 1.45. The van der Waals surface area contributed by atoms with Crippen molar-refractivity contribution >= 4 is 5.69 Å². The maximum Gasteiger partial charge on any atom is 0.431 e. The van der Waals surface area contributed by atoms with E-state index >= 15 is 0 Å². The fourth-order valence-electron chi connectivity index (χ4n) is 1.62. The van der Waals surface area contributed by atoms with Gasteiger partial charge in [0.2, 0.25) is 0 Å². The summed E-state index contributed by atoms with van der Waals surface area (Å²) in [4.78, 5) is 34.6. The molecule has 0 aliphatic carbocycles. The van der Waals surface area contributed by atoms with E-state index in [1.165, 1.54) is 0 Å². The summed E-state index contributed by atoms with van der Waals surface area (Å²) in [6.45, 7) is 0. The van der Waals surface area contributed by atoms with Crippen LogP contribution in [0, 0.1) is 10.1 Å². The van der Waals surface area contributed by atoms with Crippen LogP contribution in [0.15, 0.2) is 39.9 Å². The van der Waals surface area contributed by atoms with Gasteiger partial charge in [0.05, 0.1) is 10.6 Å². The number of aromatic nitrogens is 2. The maximum atomic E-state index is 12.4. The second kappa shape index (κ2) is 4.89. The molecule has 0 fully saturated rings. The zero-order valence-corrected chi connectivity index (χ0v) is 10.0. The number of nitro groups is 1. The smallest absolute Gasteiger partial charge is 0.303 e. The zero-order chi connectivity index (χ0) is 15.8. The number of nitro benzene ring substituents is 1. The Labute approximate surface area is 113 Å². The second-order valence-electron chi connectivity index (χ2n) is 3.93. The molecule has 2 rings (SSSR count). The molecular formula is C11H6F3N3O4. The molecule has 1 aromatic heterocycles. The van der Waals surface area contributed by atoms with Gasteiger partial charge in [-0.1, -0.05) is 0 Å². The molecule has 0 bridgehead atoms. The summed E-state index contributed by atoms with van der Waals surface area (Å²) < 4.78 is 37.7. The Hall–Kier alpha value is -2.91. The van der Waals surface area contributed by atoms with E-state index in [2.05, 4.69) is 0 Å². The molecule has 21 heavy (non-hydrogen) atoms. The highest BCUT2D eigenvalue weighted by Gasteiger charge is 2.33. The molecule has 10 heteroatoms. The number of nitrogens with zero attached hydrogens (tertiary/aromatic N) is 2. The number of benzene rings is 1. The second-order valence-corrected chi connectivity index (χ2v) is 3.93. The van der Waals surface area contributed by atoms with Crippen LogP contribution in [-0.4, -0.2) is 14.5 Å². The fraction of sp³-hybridized carbons (Fsp3) is 0.0909. The summed E-state index contributed by atoms with van der Waals surface area (Å²) in [7, 11) is 0. The average molecular weight is 301 g/mol. The lowest BCUT2D eigenvalue weighted by Gasteiger charge is -2.08. The quantitative estimate of drug-likeness (QED) is 0.670. The van der Waals surface area contributed by atoms with Gasteiger partial charge in [0.15, 0.2) is 0 Å². The Kier molecular flexibility index (Phi) is 3.37. The molecular weight excluding hydrogens is 295 g/mol. The first-order chi connectivity index (χ1) is 9.70. The number of halogens is 3. The Bertz CT molecular complexity index is 774. The highest BCUT2D eigenvalue weighted by atomic mass is 19.4. The zero-order valence-electron chi connectivity index (χ0n) is 10.0. The summed E-state index contributed by atoms with van der Waals surface area (Å²) in [6.07, 6.45) is -4.85. The molecule has 0 aliphatic heterocycles. The van der Waals surface area contributed by atoms with E-state index in [1.54, 1.807) is 4.98 Å². The molecule has 1 aromatic carbocycles. The van der Waals surface area contributed by atoms with Gasteiger partial charge in [0.25, 0.3) is 11.2 Å². The van der Waals surface area contributed by atoms with Crippen molar-refractivity contribution in [3.05, 3.63) is 67.0 Å². The van der Waals surface area contributed by atoms with Crippen molar-refractivity contribution in [1.29, 1.82) is 0 Å². The first-order valence-electron chi connectivity index (χ1n) is 5.38. The van der Waals surface area contributed by atoms with Crippen molar-refractivity contribution in [2.45, 2.75) is 6.18 Å². The molecule has 7 nitrogen and oxygen atoms in total. The Morgan fingerprint density at radius 1 is 1.14 bits per heavy atom. The van der Waals surface area contributed by atoms with Crippen molar-refractivity contribution in [2.75, 3.05) is 0 Å². The molecule has 0 aliphatic rings. The Balaban J connectivity index is 2.58. The molecule has 2 aromatic rings.